The molecule has 0 saturated carbocycles. The van der Waals surface area contributed by atoms with Gasteiger partial charge in [0.05, 0.1) is 12.0 Å². The van der Waals surface area contributed by atoms with E-state index in [2.05, 4.69) is 17.6 Å². The summed E-state index contributed by atoms with van der Waals surface area (Å²) in [7, 11) is 0. The van der Waals surface area contributed by atoms with E-state index < -0.39 is 5.91 Å². The first-order valence-electron chi connectivity index (χ1n) is 6.96. The fraction of sp³-hybridized carbons (Fsp3) is 0.846. The highest BCUT2D eigenvalue weighted by Crippen LogP contribution is 2.34. The van der Waals surface area contributed by atoms with Crippen molar-refractivity contribution in [3.8, 4) is 0 Å². The maximum absolute atomic E-state index is 12.3. The molecule has 0 aromatic heterocycles. The maximum Gasteiger partial charge on any atom is 0.243 e. The van der Waals surface area contributed by atoms with Crippen molar-refractivity contribution in [2.24, 2.45) is 11.1 Å². The molecule has 0 bridgehead atoms. The Morgan fingerprint density at radius 2 is 2.05 bits per heavy atom. The Morgan fingerprint density at radius 3 is 2.63 bits per heavy atom. The highest BCUT2D eigenvalue weighted by molar-refractivity contribution is 5.82. The Labute approximate surface area is 114 Å². The second-order valence-corrected chi connectivity index (χ2v) is 5.06. The van der Waals surface area contributed by atoms with Crippen LogP contribution in [-0.4, -0.2) is 44.7 Å². The Hall–Kier alpha value is -1.14. The van der Waals surface area contributed by atoms with Gasteiger partial charge >= 0.3 is 0 Å². The van der Waals surface area contributed by atoms with Gasteiger partial charge in [0.15, 0.2) is 0 Å². The first kappa shape index (κ1) is 15.9. The number of hydrogen-bond acceptors (Lipinski definition) is 4. The van der Waals surface area contributed by atoms with Gasteiger partial charge in [-0.15, -0.1) is 0 Å². The molecule has 6 nitrogen and oxygen atoms in total. The van der Waals surface area contributed by atoms with E-state index in [-0.39, 0.29) is 17.9 Å². The average molecular weight is 271 g/mol. The standard InChI is InChI=1S/C13H25N3O3/c1-2-3-13(4-6-15-7-5-13)12(18)16-8-9-19-10-11(14)17/h15H,2-10H2,1H3,(H2,14,17)(H,16,18). The van der Waals surface area contributed by atoms with Crippen LogP contribution >= 0.6 is 0 Å². The third kappa shape index (κ3) is 5.16. The van der Waals surface area contributed by atoms with Crippen molar-refractivity contribution in [3.63, 3.8) is 0 Å². The van der Waals surface area contributed by atoms with E-state index in [1.54, 1.807) is 0 Å². The Kier molecular flexibility index (Phi) is 6.80. The van der Waals surface area contributed by atoms with Crippen molar-refractivity contribution in [2.45, 2.75) is 32.6 Å². The zero-order valence-corrected chi connectivity index (χ0v) is 11.7. The van der Waals surface area contributed by atoms with E-state index in [9.17, 15) is 9.59 Å². The van der Waals surface area contributed by atoms with Crippen LogP contribution in [-0.2, 0) is 14.3 Å². The molecule has 0 aliphatic carbocycles. The lowest BCUT2D eigenvalue weighted by molar-refractivity contribution is -0.133. The fourth-order valence-corrected chi connectivity index (χ4v) is 2.57. The third-order valence-corrected chi connectivity index (χ3v) is 3.55. The van der Waals surface area contributed by atoms with Crippen LogP contribution in [0.5, 0.6) is 0 Å². The predicted octanol–water partition coefficient (Wildman–Crippen LogP) is -0.226. The van der Waals surface area contributed by atoms with Crippen molar-refractivity contribution in [1.82, 2.24) is 10.6 Å². The van der Waals surface area contributed by atoms with Crippen LogP contribution in [0.1, 0.15) is 32.6 Å². The van der Waals surface area contributed by atoms with Gasteiger partial charge in [-0.05, 0) is 32.4 Å². The molecule has 1 fully saturated rings. The monoisotopic (exact) mass is 271 g/mol. The highest BCUT2D eigenvalue weighted by Gasteiger charge is 2.38. The lowest BCUT2D eigenvalue weighted by Crippen LogP contribution is -2.48. The molecule has 0 unspecified atom stereocenters. The van der Waals surface area contributed by atoms with Gasteiger partial charge in [-0.2, -0.15) is 0 Å². The molecule has 6 heteroatoms. The van der Waals surface area contributed by atoms with Gasteiger partial charge in [0.1, 0.15) is 6.61 Å². The molecular weight excluding hydrogens is 246 g/mol. The fourth-order valence-electron chi connectivity index (χ4n) is 2.57. The summed E-state index contributed by atoms with van der Waals surface area (Å²) >= 11 is 0. The number of nitrogens with two attached hydrogens (primary N) is 1. The first-order valence-corrected chi connectivity index (χ1v) is 6.96. The van der Waals surface area contributed by atoms with Crippen LogP contribution in [0.2, 0.25) is 0 Å². The molecule has 1 saturated heterocycles. The molecule has 1 aliphatic heterocycles. The topological polar surface area (TPSA) is 93.4 Å². The number of hydrogen-bond donors (Lipinski definition) is 3. The van der Waals surface area contributed by atoms with E-state index >= 15 is 0 Å². The molecule has 0 aromatic carbocycles. The van der Waals surface area contributed by atoms with Crippen molar-refractivity contribution in [1.29, 1.82) is 0 Å². The predicted molar refractivity (Wildman–Crippen MR) is 72.5 cm³/mol. The summed E-state index contributed by atoms with van der Waals surface area (Å²) < 4.78 is 5.02. The lowest BCUT2D eigenvalue weighted by Gasteiger charge is -2.36. The highest BCUT2D eigenvalue weighted by atomic mass is 16.5. The van der Waals surface area contributed by atoms with Crippen LogP contribution in [0, 0.1) is 5.41 Å². The molecule has 0 atom stereocenters. The zero-order valence-electron chi connectivity index (χ0n) is 11.7. The number of nitrogens with one attached hydrogen (secondary N) is 2. The van der Waals surface area contributed by atoms with Crippen LogP contribution in [0.25, 0.3) is 0 Å². The summed E-state index contributed by atoms with van der Waals surface area (Å²) in [5, 5.41) is 6.19. The number of piperidine rings is 1. The number of ether oxygens (including phenoxy) is 1. The molecule has 1 heterocycles. The maximum atomic E-state index is 12.3. The summed E-state index contributed by atoms with van der Waals surface area (Å²) in [5.74, 6) is -0.384. The third-order valence-electron chi connectivity index (χ3n) is 3.55. The minimum absolute atomic E-state index is 0.0973. The second-order valence-electron chi connectivity index (χ2n) is 5.06. The van der Waals surface area contributed by atoms with Crippen LogP contribution in [0.15, 0.2) is 0 Å². The minimum Gasteiger partial charge on any atom is -0.370 e. The summed E-state index contributed by atoms with van der Waals surface area (Å²) in [6.45, 7) is 4.53. The van der Waals surface area contributed by atoms with Crippen LogP contribution in [0.3, 0.4) is 0 Å². The number of amides is 2. The number of carbonyl (C=O) groups is 2. The van der Waals surface area contributed by atoms with Gasteiger partial charge in [-0.3, -0.25) is 9.59 Å². The van der Waals surface area contributed by atoms with Crippen molar-refractivity contribution in [2.75, 3.05) is 32.8 Å². The average Bonchev–Trinajstić information content (AvgIpc) is 2.39. The van der Waals surface area contributed by atoms with Gasteiger partial charge in [0.2, 0.25) is 11.8 Å². The molecule has 0 radical (unpaired) electrons. The van der Waals surface area contributed by atoms with Gasteiger partial charge in [-0.25, -0.2) is 0 Å². The van der Waals surface area contributed by atoms with Crippen LogP contribution < -0.4 is 16.4 Å². The van der Waals surface area contributed by atoms with Crippen molar-refractivity contribution < 1.29 is 14.3 Å². The summed E-state index contributed by atoms with van der Waals surface area (Å²) in [6.07, 6.45) is 3.69. The summed E-state index contributed by atoms with van der Waals surface area (Å²) in [4.78, 5) is 22.8. The molecule has 4 N–H and O–H groups in total. The summed E-state index contributed by atoms with van der Waals surface area (Å²) in [6, 6.07) is 0. The zero-order chi connectivity index (χ0) is 14.1. The van der Waals surface area contributed by atoms with E-state index in [4.69, 9.17) is 10.5 Å². The Morgan fingerprint density at radius 1 is 1.37 bits per heavy atom. The molecular formula is C13H25N3O3. The Bertz CT molecular complexity index is 296. The van der Waals surface area contributed by atoms with Crippen LogP contribution in [0.4, 0.5) is 0 Å². The van der Waals surface area contributed by atoms with Gasteiger partial charge in [0.25, 0.3) is 0 Å². The van der Waals surface area contributed by atoms with E-state index in [0.717, 1.165) is 38.8 Å². The van der Waals surface area contributed by atoms with Gasteiger partial charge in [0, 0.05) is 6.54 Å². The smallest absolute Gasteiger partial charge is 0.243 e. The molecule has 1 rings (SSSR count). The van der Waals surface area contributed by atoms with Crippen molar-refractivity contribution >= 4 is 11.8 Å². The molecule has 110 valence electrons. The molecule has 19 heavy (non-hydrogen) atoms. The van der Waals surface area contributed by atoms with Gasteiger partial charge in [-0.1, -0.05) is 13.3 Å². The first-order chi connectivity index (χ1) is 9.10. The van der Waals surface area contributed by atoms with E-state index in [0.29, 0.717) is 13.2 Å². The number of primary amides is 1. The van der Waals surface area contributed by atoms with Gasteiger partial charge < -0.3 is 21.1 Å². The molecule has 2 amide bonds. The largest absolute Gasteiger partial charge is 0.370 e. The lowest BCUT2D eigenvalue weighted by atomic mass is 9.74. The normalized spacial score (nSPS) is 17.9. The van der Waals surface area contributed by atoms with E-state index in [1.807, 2.05) is 0 Å². The SMILES string of the molecule is CCCC1(C(=O)NCCOCC(N)=O)CCNCC1. The van der Waals surface area contributed by atoms with E-state index in [1.165, 1.54) is 0 Å². The quantitative estimate of drug-likeness (QED) is 0.532. The summed E-state index contributed by atoms with van der Waals surface area (Å²) in [5.41, 5.74) is 4.72. The second kappa shape index (κ2) is 8.12. The Balaban J connectivity index is 2.33. The molecule has 1 aliphatic rings. The number of rotatable bonds is 8. The number of carbonyl (C=O) groups excluding carboxylic acids is 2. The molecule has 0 spiro atoms. The minimum atomic E-state index is -0.493. The molecule has 0 aromatic rings. The van der Waals surface area contributed by atoms with Crippen molar-refractivity contribution in [3.05, 3.63) is 0 Å².